The summed E-state index contributed by atoms with van der Waals surface area (Å²) in [5.41, 5.74) is 9.93. The van der Waals surface area contributed by atoms with E-state index in [-0.39, 0.29) is 36.6 Å². The molecular weight excluding hydrogens is 947 g/mol. The van der Waals surface area contributed by atoms with E-state index in [4.69, 9.17) is 23.9 Å². The molecule has 2 aliphatic carbocycles. The van der Waals surface area contributed by atoms with Gasteiger partial charge in [-0.05, 0) is 92.7 Å². The minimum absolute atomic E-state index is 0.0111. The zero-order valence-electron chi connectivity index (χ0n) is 44.5. The summed E-state index contributed by atoms with van der Waals surface area (Å²) in [6.45, 7) is 24.5. The summed E-state index contributed by atoms with van der Waals surface area (Å²) in [4.78, 5) is 56.3. The maximum absolute atomic E-state index is 15.1. The second-order valence-electron chi connectivity index (χ2n) is 24.4. The van der Waals surface area contributed by atoms with E-state index >= 15 is 4.79 Å². The Balaban J connectivity index is 1.00. The van der Waals surface area contributed by atoms with Crippen LogP contribution >= 0.6 is 0 Å². The predicted molar refractivity (Wildman–Crippen MR) is 283 cm³/mol. The van der Waals surface area contributed by atoms with Gasteiger partial charge in [0.1, 0.15) is 12.1 Å². The van der Waals surface area contributed by atoms with Crippen molar-refractivity contribution < 1.29 is 43.5 Å². The lowest BCUT2D eigenvalue weighted by molar-refractivity contribution is -0.212. The van der Waals surface area contributed by atoms with Crippen LogP contribution in [-0.4, -0.2) is 190 Å². The third-order valence-electron chi connectivity index (χ3n) is 17.0. The molecule has 0 radical (unpaired) electrons. The van der Waals surface area contributed by atoms with Crippen molar-refractivity contribution in [3.63, 3.8) is 0 Å². The maximum Gasteiger partial charge on any atom is 0.407 e. The second-order valence-corrected chi connectivity index (χ2v) is 30.0. The van der Waals surface area contributed by atoms with E-state index in [1.54, 1.807) is 7.11 Å². The number of aryl methyl sites for hydroxylation is 1. The number of piperazine rings is 1. The SMILES string of the molecule is CCn1c(-c2cc(N3CCN(C4CC4)CC3)cnc2[C@H](C)OC)c(CC(C)(C)CO)c2cc(N3CCO[C@@H]([C@H]([C@H](NC(=O)OCC[Si](C)(C)C)C(=O)N4C[C@@H]5C[C@@H]5[C@@H](C(=O)O)N4)N4CC5(COC5)C4)C3)ccc21. The maximum atomic E-state index is 15.1. The highest BCUT2D eigenvalue weighted by Crippen LogP contribution is 2.46. The number of hydrogen-bond acceptors (Lipinski definition) is 14. The van der Waals surface area contributed by atoms with Gasteiger partial charge in [0.05, 0.1) is 67.9 Å². The summed E-state index contributed by atoms with van der Waals surface area (Å²) in [5, 5.41) is 26.6. The number of morpholine rings is 1. The molecule has 0 bridgehead atoms. The molecule has 5 aliphatic heterocycles. The minimum atomic E-state index is -1.54. The van der Waals surface area contributed by atoms with Gasteiger partial charge >= 0.3 is 12.1 Å². The van der Waals surface area contributed by atoms with Gasteiger partial charge in [-0.2, -0.15) is 0 Å². The van der Waals surface area contributed by atoms with Crippen molar-refractivity contribution in [1.82, 2.24) is 35.1 Å². The van der Waals surface area contributed by atoms with E-state index in [2.05, 4.69) is 107 Å². The molecule has 7 fully saturated rings. The third kappa shape index (κ3) is 10.9. The normalized spacial score (nSPS) is 25.7. The average molecular weight is 1030 g/mol. The number of aromatic nitrogens is 2. The number of carbonyl (C=O) groups excluding carboxylic acids is 2. The number of alkyl carbamates (subject to hydrolysis) is 1. The number of hydrazine groups is 1. The lowest BCUT2D eigenvalue weighted by atomic mass is 9.75. The van der Waals surface area contributed by atoms with E-state index in [1.165, 1.54) is 17.9 Å². The number of aliphatic carboxylic acids is 1. The van der Waals surface area contributed by atoms with Crippen molar-refractivity contribution >= 4 is 48.3 Å². The van der Waals surface area contributed by atoms with Gasteiger partial charge in [-0.1, -0.05) is 33.5 Å². The van der Waals surface area contributed by atoms with Crippen LogP contribution < -0.4 is 20.5 Å². The number of amides is 2. The molecule has 5 saturated heterocycles. The van der Waals surface area contributed by atoms with Crippen LogP contribution in [0.2, 0.25) is 25.7 Å². The number of carboxylic acid groups (broad SMARTS) is 1. The lowest BCUT2D eigenvalue weighted by Crippen LogP contribution is -2.76. The number of likely N-dealkylation sites (tertiary alicyclic amines) is 1. The zero-order valence-corrected chi connectivity index (χ0v) is 45.5. The van der Waals surface area contributed by atoms with Crippen LogP contribution in [0.25, 0.3) is 22.2 Å². The number of pyridine rings is 1. The van der Waals surface area contributed by atoms with Gasteiger partial charge in [0.2, 0.25) is 0 Å². The van der Waals surface area contributed by atoms with E-state index in [9.17, 15) is 19.8 Å². The molecule has 2 aromatic heterocycles. The smallest absolute Gasteiger partial charge is 0.407 e. The van der Waals surface area contributed by atoms with Crippen LogP contribution in [0.15, 0.2) is 30.5 Å². The first-order valence-corrected chi connectivity index (χ1v) is 30.8. The Morgan fingerprint density at radius 3 is 2.42 bits per heavy atom. The molecule has 7 heterocycles. The molecule has 73 heavy (non-hydrogen) atoms. The number of nitrogens with zero attached hydrogens (tertiary/aromatic N) is 7. The monoisotopic (exact) mass is 1030 g/mol. The van der Waals surface area contributed by atoms with Crippen molar-refractivity contribution in [3.05, 3.63) is 41.7 Å². The molecular formula is C54H81N9O9Si. The van der Waals surface area contributed by atoms with E-state index < -0.39 is 55.7 Å². The van der Waals surface area contributed by atoms with Crippen LogP contribution in [-0.2, 0) is 41.5 Å². The van der Waals surface area contributed by atoms with E-state index in [0.717, 1.165) is 89.5 Å². The molecule has 2 amide bonds. The molecule has 400 valence electrons. The van der Waals surface area contributed by atoms with Gasteiger partial charge < -0.3 is 48.8 Å². The fraction of sp³-hybridized carbons (Fsp3) is 0.704. The van der Waals surface area contributed by atoms with E-state index in [0.29, 0.717) is 65.5 Å². The molecule has 7 aliphatic rings. The highest BCUT2D eigenvalue weighted by atomic mass is 28.3. The Labute approximate surface area is 432 Å². The van der Waals surface area contributed by atoms with Crippen LogP contribution in [0, 0.1) is 22.7 Å². The number of benzene rings is 1. The number of aliphatic hydroxyl groups excluding tert-OH is 1. The van der Waals surface area contributed by atoms with Crippen molar-refractivity contribution in [2.75, 3.05) is 109 Å². The Hall–Kier alpha value is -4.34. The number of methoxy groups -OCH3 is 1. The summed E-state index contributed by atoms with van der Waals surface area (Å²) in [6, 6.07) is 7.92. The standard InChI is InChI=1S/C54H81N9O9Si/c1-9-62-43-13-12-37(23-40(43)42(25-53(3,4)31-64)48(62)41-24-38(26-55-45(41)34(2)69-5)59-16-14-58(15-17-59)36-10-11-36)60-18-19-71-44(28-60)49(61-29-54(30-61)32-70-33-54)47(56-52(68)72-20-21-73(6,7)8)50(65)63-27-35-22-39(35)46(57-63)51(66)67/h12-13,23-24,26,34-36,39,44,46-47,49,57,64H,9-11,14-22,25,27-33H2,1-8H3,(H,56,68)(H,66,67)/t34-,35-,39-,44+,46-,47-,49+/m0/s1. The van der Waals surface area contributed by atoms with Gasteiger partial charge in [-0.3, -0.25) is 29.4 Å². The van der Waals surface area contributed by atoms with Crippen molar-refractivity contribution in [2.24, 2.45) is 22.7 Å². The number of nitrogens with one attached hydrogen (secondary N) is 2. The highest BCUT2D eigenvalue weighted by molar-refractivity contribution is 6.76. The Morgan fingerprint density at radius 1 is 1.03 bits per heavy atom. The Kier molecular flexibility index (Phi) is 14.7. The highest BCUT2D eigenvalue weighted by Gasteiger charge is 2.57. The zero-order chi connectivity index (χ0) is 51.6. The molecule has 1 aromatic carbocycles. The van der Waals surface area contributed by atoms with Crippen LogP contribution in [0.1, 0.15) is 64.3 Å². The number of anilines is 2. The summed E-state index contributed by atoms with van der Waals surface area (Å²) in [6.07, 6.45) is 4.49. The summed E-state index contributed by atoms with van der Waals surface area (Å²) < 4.78 is 26.7. The molecule has 2 saturated carbocycles. The number of rotatable bonds is 19. The fourth-order valence-corrected chi connectivity index (χ4v) is 13.0. The molecule has 3 aromatic rings. The Morgan fingerprint density at radius 2 is 1.78 bits per heavy atom. The first-order valence-electron chi connectivity index (χ1n) is 27.1. The number of carbonyl (C=O) groups is 3. The second kappa shape index (κ2) is 20.6. The van der Waals surface area contributed by atoms with Gasteiger partial charge in [0.25, 0.3) is 5.91 Å². The van der Waals surface area contributed by atoms with Crippen molar-refractivity contribution in [3.8, 4) is 11.3 Å². The molecule has 18 nitrogen and oxygen atoms in total. The third-order valence-corrected chi connectivity index (χ3v) is 18.7. The van der Waals surface area contributed by atoms with Crippen molar-refractivity contribution in [1.29, 1.82) is 0 Å². The summed E-state index contributed by atoms with van der Waals surface area (Å²) in [5.74, 6) is -1.36. The first kappa shape index (κ1) is 52.1. The lowest BCUT2D eigenvalue weighted by Gasteiger charge is -2.59. The number of carboxylic acids is 1. The van der Waals surface area contributed by atoms with Gasteiger partial charge in [0.15, 0.2) is 0 Å². The summed E-state index contributed by atoms with van der Waals surface area (Å²) in [7, 11) is 0.190. The fourth-order valence-electron chi connectivity index (χ4n) is 12.3. The van der Waals surface area contributed by atoms with E-state index in [1.807, 2.05) is 6.20 Å². The van der Waals surface area contributed by atoms with Crippen LogP contribution in [0.5, 0.6) is 0 Å². The number of ether oxygens (including phenoxy) is 4. The number of fused-ring (bicyclic) bond motifs is 2. The molecule has 7 atom stereocenters. The van der Waals surface area contributed by atoms with Gasteiger partial charge in [-0.15, -0.1) is 0 Å². The molecule has 1 spiro atoms. The minimum Gasteiger partial charge on any atom is -0.480 e. The van der Waals surface area contributed by atoms with Crippen molar-refractivity contribution in [2.45, 2.75) is 122 Å². The topological polar surface area (TPSA) is 187 Å². The largest absolute Gasteiger partial charge is 0.480 e. The van der Waals surface area contributed by atoms with Crippen LogP contribution in [0.3, 0.4) is 0 Å². The number of hydrogen-bond donors (Lipinski definition) is 4. The molecule has 4 N–H and O–H groups in total. The molecule has 0 unspecified atom stereocenters. The molecule has 10 rings (SSSR count). The quantitative estimate of drug-likeness (QED) is 0.117. The van der Waals surface area contributed by atoms with Gasteiger partial charge in [-0.25, -0.2) is 10.2 Å². The van der Waals surface area contributed by atoms with Crippen LogP contribution in [0.4, 0.5) is 16.2 Å². The summed E-state index contributed by atoms with van der Waals surface area (Å²) >= 11 is 0. The Bertz CT molecular complexity index is 2510. The molecule has 19 heteroatoms. The van der Waals surface area contributed by atoms with Gasteiger partial charge in [0, 0.05) is 121 Å². The number of aliphatic hydroxyl groups is 1. The average Bonchev–Trinajstić information content (AvgIpc) is 4.30. The first-order chi connectivity index (χ1) is 34.9. The predicted octanol–water partition coefficient (Wildman–Crippen LogP) is 5.05.